The molecule has 0 aromatic rings. The van der Waals surface area contributed by atoms with Gasteiger partial charge in [0.15, 0.2) is 0 Å². The lowest BCUT2D eigenvalue weighted by atomic mass is 9.53. The molecule has 0 nitrogen and oxygen atoms in total. The molecule has 0 bridgehead atoms. The van der Waals surface area contributed by atoms with Crippen LogP contribution in [-0.4, -0.2) is 0 Å². The van der Waals surface area contributed by atoms with Gasteiger partial charge in [-0.15, -0.1) is 0 Å². The maximum atomic E-state index is 2.51. The Bertz CT molecular complexity index is 785. The zero-order chi connectivity index (χ0) is 22.2. The maximum Gasteiger partial charge on any atom is 0.0216 e. The normalized spacial score (nSPS) is 25.4. The fourth-order valence-corrected chi connectivity index (χ4v) is 9.18. The van der Waals surface area contributed by atoms with Gasteiger partial charge < -0.3 is 0 Å². The zero-order valence-electron chi connectivity index (χ0n) is 21.6. The van der Waals surface area contributed by atoms with Gasteiger partial charge in [-0.1, -0.05) is 66.5 Å². The van der Waals surface area contributed by atoms with Gasteiger partial charge in [-0.3, -0.25) is 0 Å². The molecule has 166 valence electrons. The minimum Gasteiger partial charge on any atom is -0.0616 e. The first-order valence-corrected chi connectivity index (χ1v) is 12.9. The summed E-state index contributed by atoms with van der Waals surface area (Å²) in [7, 11) is 0. The third-order valence-electron chi connectivity index (χ3n) is 9.91. The molecule has 0 unspecified atom stereocenters. The Morgan fingerprint density at radius 1 is 0.467 bits per heavy atom. The van der Waals surface area contributed by atoms with Crippen molar-refractivity contribution in [3.63, 3.8) is 0 Å². The second kappa shape index (κ2) is 7.25. The van der Waals surface area contributed by atoms with Gasteiger partial charge in [-0.05, 0) is 109 Å². The molecule has 4 rings (SSSR count). The molecule has 2 fully saturated rings. The highest BCUT2D eigenvalue weighted by Gasteiger charge is 2.58. The van der Waals surface area contributed by atoms with Crippen LogP contribution in [0.25, 0.3) is 0 Å². The summed E-state index contributed by atoms with van der Waals surface area (Å²) in [6.45, 7) is 25.1. The average molecular weight is 407 g/mol. The summed E-state index contributed by atoms with van der Waals surface area (Å²) >= 11 is 0. The van der Waals surface area contributed by atoms with Crippen LogP contribution in [0.15, 0.2) is 44.6 Å². The van der Waals surface area contributed by atoms with Crippen molar-refractivity contribution in [2.45, 2.75) is 108 Å². The Hall–Kier alpha value is -1.04. The van der Waals surface area contributed by atoms with Gasteiger partial charge in [-0.25, -0.2) is 0 Å². The summed E-state index contributed by atoms with van der Waals surface area (Å²) in [5, 5.41) is 0. The lowest BCUT2D eigenvalue weighted by molar-refractivity contribution is 0.181. The number of fused-ring (bicyclic) bond motifs is 2. The van der Waals surface area contributed by atoms with Crippen molar-refractivity contribution >= 4 is 0 Å². The minimum atomic E-state index is 0.209. The minimum absolute atomic E-state index is 0.209. The summed E-state index contributed by atoms with van der Waals surface area (Å²) < 4.78 is 0. The number of hydrogen-bond acceptors (Lipinski definition) is 0. The van der Waals surface area contributed by atoms with Crippen LogP contribution in [0.5, 0.6) is 0 Å². The Balaban J connectivity index is 2.12. The largest absolute Gasteiger partial charge is 0.0616 e. The summed E-state index contributed by atoms with van der Waals surface area (Å²) in [5.74, 6) is 2.53. The Morgan fingerprint density at radius 3 is 1.00 bits per heavy atom. The molecule has 0 heteroatoms. The van der Waals surface area contributed by atoms with E-state index in [9.17, 15) is 0 Å². The van der Waals surface area contributed by atoms with Crippen LogP contribution in [0.4, 0.5) is 0 Å². The lowest BCUT2D eigenvalue weighted by Gasteiger charge is -2.50. The Morgan fingerprint density at radius 2 is 0.733 bits per heavy atom. The second-order valence-electron chi connectivity index (χ2n) is 12.0. The molecule has 0 amide bonds. The average Bonchev–Trinajstić information content (AvgIpc) is 3.37. The van der Waals surface area contributed by atoms with Crippen LogP contribution in [0.1, 0.15) is 108 Å². The molecule has 0 atom stereocenters. The highest BCUT2D eigenvalue weighted by atomic mass is 14.6. The van der Waals surface area contributed by atoms with Crippen molar-refractivity contribution in [2.24, 2.45) is 34.5 Å². The summed E-state index contributed by atoms with van der Waals surface area (Å²) in [6, 6.07) is 0. The SMILES string of the molecule is CC1=C2CCCC2=C(C2=C3CCCC3=C(C)C2(C(C)C)C(C)C)C1(C(C)C)C(C)C. The van der Waals surface area contributed by atoms with E-state index in [2.05, 4.69) is 69.2 Å². The standard InChI is InChI=1S/C30H46/c1-17(2)29(18(3)4)21(9)23-13-11-15-25(23)27(29)28-26-16-12-14-24(26)22(10)30(28,19(5)6)20(7)8/h17-20H,11-16H2,1-10H3. The fourth-order valence-electron chi connectivity index (χ4n) is 9.18. The fraction of sp³-hybridized carbons (Fsp3) is 0.733. The van der Waals surface area contributed by atoms with Crippen LogP contribution in [0, 0.1) is 34.5 Å². The molecule has 0 aromatic carbocycles. The van der Waals surface area contributed by atoms with E-state index in [-0.39, 0.29) is 10.8 Å². The first kappa shape index (κ1) is 22.2. The van der Waals surface area contributed by atoms with Crippen LogP contribution in [-0.2, 0) is 0 Å². The molecule has 0 N–H and O–H groups in total. The third-order valence-corrected chi connectivity index (χ3v) is 9.91. The van der Waals surface area contributed by atoms with Crippen molar-refractivity contribution in [3.05, 3.63) is 44.6 Å². The molecule has 0 spiro atoms. The highest BCUT2D eigenvalue weighted by molar-refractivity contribution is 5.71. The van der Waals surface area contributed by atoms with Gasteiger partial charge in [0.25, 0.3) is 0 Å². The van der Waals surface area contributed by atoms with E-state index in [1.165, 1.54) is 38.5 Å². The molecule has 0 radical (unpaired) electrons. The van der Waals surface area contributed by atoms with Gasteiger partial charge in [0, 0.05) is 10.8 Å². The van der Waals surface area contributed by atoms with E-state index < -0.39 is 0 Å². The monoisotopic (exact) mass is 406 g/mol. The Labute approximate surface area is 187 Å². The Kier molecular flexibility index (Phi) is 5.35. The molecule has 2 saturated carbocycles. The zero-order valence-corrected chi connectivity index (χ0v) is 21.6. The highest BCUT2D eigenvalue weighted by Crippen LogP contribution is 2.69. The van der Waals surface area contributed by atoms with Crippen molar-refractivity contribution in [3.8, 4) is 0 Å². The quantitative estimate of drug-likeness (QED) is 0.427. The second-order valence-corrected chi connectivity index (χ2v) is 12.0. The van der Waals surface area contributed by atoms with E-state index in [0.717, 1.165) is 0 Å². The van der Waals surface area contributed by atoms with E-state index in [1.54, 1.807) is 33.4 Å². The van der Waals surface area contributed by atoms with Crippen LogP contribution in [0.2, 0.25) is 0 Å². The smallest absolute Gasteiger partial charge is 0.0216 e. The molecule has 4 aliphatic rings. The van der Waals surface area contributed by atoms with Crippen molar-refractivity contribution < 1.29 is 0 Å². The topological polar surface area (TPSA) is 0 Å². The van der Waals surface area contributed by atoms with E-state index >= 15 is 0 Å². The van der Waals surface area contributed by atoms with Crippen molar-refractivity contribution in [2.75, 3.05) is 0 Å². The molecule has 0 aliphatic heterocycles. The first-order valence-electron chi connectivity index (χ1n) is 12.9. The van der Waals surface area contributed by atoms with E-state index in [4.69, 9.17) is 0 Å². The molecular formula is C30H46. The molecule has 0 heterocycles. The van der Waals surface area contributed by atoms with E-state index in [1.807, 2.05) is 11.1 Å². The van der Waals surface area contributed by atoms with Gasteiger partial charge in [-0.2, -0.15) is 0 Å². The van der Waals surface area contributed by atoms with E-state index in [0.29, 0.717) is 23.7 Å². The predicted octanol–water partition coefficient (Wildman–Crippen LogP) is 9.20. The van der Waals surface area contributed by atoms with Crippen molar-refractivity contribution in [1.82, 2.24) is 0 Å². The third kappa shape index (κ3) is 2.40. The number of rotatable bonds is 5. The summed E-state index contributed by atoms with van der Waals surface area (Å²) in [4.78, 5) is 0. The lowest BCUT2D eigenvalue weighted by Crippen LogP contribution is -2.42. The molecule has 0 saturated heterocycles. The molecule has 30 heavy (non-hydrogen) atoms. The van der Waals surface area contributed by atoms with Crippen LogP contribution in [0.3, 0.4) is 0 Å². The van der Waals surface area contributed by atoms with Gasteiger partial charge in [0.05, 0.1) is 0 Å². The van der Waals surface area contributed by atoms with Crippen molar-refractivity contribution in [1.29, 1.82) is 0 Å². The van der Waals surface area contributed by atoms with Crippen LogP contribution < -0.4 is 0 Å². The first-order chi connectivity index (χ1) is 14.0. The van der Waals surface area contributed by atoms with Crippen LogP contribution >= 0.6 is 0 Å². The number of allylic oxidation sites excluding steroid dienone is 8. The van der Waals surface area contributed by atoms with Gasteiger partial charge in [0.2, 0.25) is 0 Å². The van der Waals surface area contributed by atoms with Gasteiger partial charge >= 0.3 is 0 Å². The molecular weight excluding hydrogens is 360 g/mol. The summed E-state index contributed by atoms with van der Waals surface area (Å²) in [5.41, 5.74) is 14.6. The molecule has 0 aromatic heterocycles. The molecule has 4 aliphatic carbocycles. The maximum absolute atomic E-state index is 2.51. The predicted molar refractivity (Wildman–Crippen MR) is 131 cm³/mol. The summed E-state index contributed by atoms with van der Waals surface area (Å²) in [6.07, 6.45) is 7.95. The van der Waals surface area contributed by atoms with Gasteiger partial charge in [0.1, 0.15) is 0 Å². The number of hydrogen-bond donors (Lipinski definition) is 0.